The number of nitrogens with zero attached hydrogens (tertiary/aromatic N) is 5. The lowest BCUT2D eigenvalue weighted by molar-refractivity contribution is 0.608. The van der Waals surface area contributed by atoms with Crippen molar-refractivity contribution in [3.8, 4) is 29.3 Å². The van der Waals surface area contributed by atoms with Crippen molar-refractivity contribution in [2.24, 2.45) is 0 Å². The fourth-order valence-corrected chi connectivity index (χ4v) is 3.32. The van der Waals surface area contributed by atoms with E-state index in [-0.39, 0.29) is 11.5 Å². The second-order valence-corrected chi connectivity index (χ2v) is 7.11. The van der Waals surface area contributed by atoms with Crippen LogP contribution < -0.4 is 5.32 Å². The lowest BCUT2D eigenvalue weighted by Gasteiger charge is -2.13. The highest BCUT2D eigenvalue weighted by Crippen LogP contribution is 2.29. The molecule has 0 aliphatic heterocycles. The largest absolute Gasteiger partial charge is 0.324 e. The molecule has 0 saturated heterocycles. The second-order valence-electron chi connectivity index (χ2n) is 7.11. The summed E-state index contributed by atoms with van der Waals surface area (Å²) in [5.74, 6) is -1.19. The number of anilines is 2. The zero-order valence-electron chi connectivity index (χ0n) is 17.2. The Morgan fingerprint density at radius 2 is 1.42 bits per heavy atom. The van der Waals surface area contributed by atoms with Gasteiger partial charge in [0.1, 0.15) is 11.7 Å². The monoisotopic (exact) mass is 430 g/mol. The third kappa shape index (κ3) is 4.66. The van der Waals surface area contributed by atoms with Crippen LogP contribution in [0.5, 0.6) is 0 Å². The van der Waals surface area contributed by atoms with Gasteiger partial charge in [0, 0.05) is 17.4 Å². The van der Waals surface area contributed by atoms with Gasteiger partial charge in [0.15, 0.2) is 0 Å². The van der Waals surface area contributed by atoms with Crippen molar-refractivity contribution in [2.75, 3.05) is 5.32 Å². The van der Waals surface area contributed by atoms with Gasteiger partial charge < -0.3 is 5.32 Å². The smallest absolute Gasteiger partial charge is 0.227 e. The van der Waals surface area contributed by atoms with Crippen LogP contribution in [0, 0.1) is 39.8 Å². The molecule has 1 N–H and O–H groups in total. The summed E-state index contributed by atoms with van der Waals surface area (Å²) in [5.41, 5.74) is 3.70. The molecule has 7 heteroatoms. The normalized spacial score (nSPS) is 11.0. The number of benzene rings is 3. The summed E-state index contributed by atoms with van der Waals surface area (Å²) in [6.07, 6.45) is 1.50. The lowest BCUT2D eigenvalue weighted by atomic mass is 9.93. The Morgan fingerprint density at radius 3 is 2.03 bits per heavy atom. The third-order valence-electron chi connectivity index (χ3n) is 5.03. The van der Waals surface area contributed by atoms with Crippen molar-refractivity contribution in [1.82, 2.24) is 9.97 Å². The maximum absolute atomic E-state index is 15.0. The minimum atomic E-state index is -0.926. The summed E-state index contributed by atoms with van der Waals surface area (Å²) in [6, 6.07) is 26.1. The van der Waals surface area contributed by atoms with Crippen LogP contribution in [0.15, 0.2) is 79.0 Å². The van der Waals surface area contributed by atoms with Gasteiger partial charge >= 0.3 is 0 Å². The van der Waals surface area contributed by atoms with Crippen LogP contribution >= 0.6 is 0 Å². The first-order chi connectivity index (χ1) is 16.1. The average molecular weight is 430 g/mol. The molecule has 1 atom stereocenters. The van der Waals surface area contributed by atoms with Gasteiger partial charge in [-0.3, -0.25) is 0 Å². The van der Waals surface area contributed by atoms with Gasteiger partial charge in [0.25, 0.3) is 0 Å². The number of rotatable bonds is 5. The summed E-state index contributed by atoms with van der Waals surface area (Å²) in [4.78, 5) is 8.56. The molecule has 0 spiro atoms. The first kappa shape index (κ1) is 21.2. The van der Waals surface area contributed by atoms with E-state index in [0.29, 0.717) is 28.1 Å². The summed E-state index contributed by atoms with van der Waals surface area (Å²) in [7, 11) is 0. The highest BCUT2D eigenvalue weighted by Gasteiger charge is 2.20. The third-order valence-corrected chi connectivity index (χ3v) is 5.03. The van der Waals surface area contributed by atoms with Crippen LogP contribution in [0.2, 0.25) is 0 Å². The molecule has 0 radical (unpaired) electrons. The molecule has 1 unspecified atom stereocenters. The number of aromatic nitrogens is 2. The average Bonchev–Trinajstić information content (AvgIpc) is 2.86. The molecule has 6 nitrogen and oxygen atoms in total. The lowest BCUT2D eigenvalue weighted by Crippen LogP contribution is -2.07. The molecule has 0 aliphatic carbocycles. The Morgan fingerprint density at radius 1 is 0.788 bits per heavy atom. The second kappa shape index (κ2) is 9.39. The molecule has 1 aromatic heterocycles. The Hall–Kier alpha value is -5.06. The fourth-order valence-electron chi connectivity index (χ4n) is 3.32. The van der Waals surface area contributed by atoms with E-state index in [0.717, 1.165) is 5.56 Å². The zero-order chi connectivity index (χ0) is 23.2. The molecule has 0 amide bonds. The fraction of sp³-hybridized carbons (Fsp3) is 0.0385. The quantitative estimate of drug-likeness (QED) is 0.452. The van der Waals surface area contributed by atoms with E-state index in [4.69, 9.17) is 10.5 Å². The van der Waals surface area contributed by atoms with E-state index in [1.165, 1.54) is 12.3 Å². The van der Waals surface area contributed by atoms with Crippen molar-refractivity contribution in [2.45, 2.75) is 5.92 Å². The molecule has 156 valence electrons. The molecule has 0 saturated carbocycles. The summed E-state index contributed by atoms with van der Waals surface area (Å²) < 4.78 is 15.0. The maximum Gasteiger partial charge on any atom is 0.227 e. The van der Waals surface area contributed by atoms with Gasteiger partial charge in [0.2, 0.25) is 5.95 Å². The van der Waals surface area contributed by atoms with Crippen molar-refractivity contribution < 1.29 is 4.39 Å². The van der Waals surface area contributed by atoms with E-state index >= 15 is 4.39 Å². The Kier molecular flexibility index (Phi) is 6.03. The van der Waals surface area contributed by atoms with Gasteiger partial charge in [0.05, 0.1) is 35.0 Å². The van der Waals surface area contributed by atoms with Crippen LogP contribution in [-0.4, -0.2) is 9.97 Å². The molecule has 0 fully saturated rings. The molecule has 3 aromatic carbocycles. The minimum Gasteiger partial charge on any atom is -0.324 e. The molecule has 0 aliphatic rings. The Bertz CT molecular complexity index is 1420. The van der Waals surface area contributed by atoms with Gasteiger partial charge in [-0.2, -0.15) is 15.8 Å². The SMILES string of the molecule is N#Cc1ccc(Nc2nccc(C(C#N)c3ccc(-c4ccc(C#N)cc4)cc3F)n2)cc1. The number of hydrogen-bond donors (Lipinski definition) is 1. The van der Waals surface area contributed by atoms with E-state index in [9.17, 15) is 5.26 Å². The van der Waals surface area contributed by atoms with Crippen molar-refractivity contribution in [1.29, 1.82) is 15.8 Å². The van der Waals surface area contributed by atoms with Crippen LogP contribution in [0.1, 0.15) is 28.3 Å². The standard InChI is InChI=1S/C26H15FN6/c27-24-13-20(19-5-1-17(14-28)2-6-19)7-10-22(24)23(16-30)25-11-12-31-26(33-25)32-21-8-3-18(15-29)4-9-21/h1-13,23H,(H,31,32,33). The molecule has 1 heterocycles. The minimum absolute atomic E-state index is 0.206. The molecule has 0 bridgehead atoms. The maximum atomic E-state index is 15.0. The van der Waals surface area contributed by atoms with E-state index in [1.54, 1.807) is 66.7 Å². The Labute approximate surface area is 189 Å². The number of hydrogen-bond acceptors (Lipinski definition) is 6. The summed E-state index contributed by atoms with van der Waals surface area (Å²) in [5, 5.41) is 30.6. The molecule has 33 heavy (non-hydrogen) atoms. The van der Waals surface area contributed by atoms with E-state index < -0.39 is 11.7 Å². The van der Waals surface area contributed by atoms with Crippen molar-refractivity contribution in [3.63, 3.8) is 0 Å². The number of nitrogens with one attached hydrogen (secondary N) is 1. The topological polar surface area (TPSA) is 109 Å². The van der Waals surface area contributed by atoms with Gasteiger partial charge in [-0.1, -0.05) is 24.3 Å². The van der Waals surface area contributed by atoms with E-state index in [2.05, 4.69) is 27.4 Å². The predicted molar refractivity (Wildman–Crippen MR) is 120 cm³/mol. The van der Waals surface area contributed by atoms with Gasteiger partial charge in [-0.15, -0.1) is 0 Å². The van der Waals surface area contributed by atoms with E-state index in [1.807, 2.05) is 6.07 Å². The predicted octanol–water partition coefficient (Wildman–Crippen LogP) is 5.43. The highest BCUT2D eigenvalue weighted by atomic mass is 19.1. The summed E-state index contributed by atoms with van der Waals surface area (Å²) in [6.45, 7) is 0. The first-order valence-electron chi connectivity index (χ1n) is 9.91. The van der Waals surface area contributed by atoms with Crippen LogP contribution in [0.4, 0.5) is 16.0 Å². The summed E-state index contributed by atoms with van der Waals surface area (Å²) >= 11 is 0. The zero-order valence-corrected chi connectivity index (χ0v) is 17.2. The molecule has 4 rings (SSSR count). The van der Waals surface area contributed by atoms with Crippen LogP contribution in [0.3, 0.4) is 0 Å². The molecular formula is C26H15FN6. The van der Waals surface area contributed by atoms with Crippen LogP contribution in [-0.2, 0) is 0 Å². The van der Waals surface area contributed by atoms with Crippen molar-refractivity contribution >= 4 is 11.6 Å². The Balaban J connectivity index is 1.60. The van der Waals surface area contributed by atoms with Crippen LogP contribution in [0.25, 0.3) is 11.1 Å². The number of halogens is 1. The highest BCUT2D eigenvalue weighted by molar-refractivity contribution is 5.65. The van der Waals surface area contributed by atoms with Crippen molar-refractivity contribution in [3.05, 3.63) is 107 Å². The first-order valence-corrected chi connectivity index (χ1v) is 9.91. The van der Waals surface area contributed by atoms with Gasteiger partial charge in [-0.05, 0) is 59.7 Å². The molecule has 4 aromatic rings. The number of nitriles is 3. The molecular weight excluding hydrogens is 415 g/mol. The van der Waals surface area contributed by atoms with Gasteiger partial charge in [-0.25, -0.2) is 14.4 Å².